The molecule has 3 heteroatoms. The van der Waals surface area contributed by atoms with Gasteiger partial charge in [0.05, 0.1) is 6.61 Å². The van der Waals surface area contributed by atoms with Crippen LogP contribution in [0.4, 0.5) is 0 Å². The van der Waals surface area contributed by atoms with Crippen molar-refractivity contribution in [1.82, 2.24) is 0 Å². The van der Waals surface area contributed by atoms with Gasteiger partial charge in [-0.15, -0.1) is 5.92 Å². The van der Waals surface area contributed by atoms with Crippen LogP contribution in [0.2, 0.25) is 0 Å². The van der Waals surface area contributed by atoms with Gasteiger partial charge in [0.15, 0.2) is 0 Å². The number of rotatable bonds is 3. The van der Waals surface area contributed by atoms with Crippen LogP contribution in [0.15, 0.2) is 0 Å². The molecule has 1 atom stereocenters. The van der Waals surface area contributed by atoms with Crippen LogP contribution < -0.4 is 5.73 Å². The monoisotopic (exact) mass is 181 g/mol. The van der Waals surface area contributed by atoms with Crippen LogP contribution in [-0.4, -0.2) is 18.6 Å². The maximum absolute atomic E-state index is 11.0. The van der Waals surface area contributed by atoms with Crippen LogP contribution in [-0.2, 0) is 9.53 Å². The molecule has 0 radical (unpaired) electrons. The van der Waals surface area contributed by atoms with Crippen molar-refractivity contribution in [3.05, 3.63) is 0 Å². The molecule has 0 spiro atoms. The summed E-state index contributed by atoms with van der Waals surface area (Å²) in [5.74, 6) is 6.17. The Morgan fingerprint density at radius 2 is 2.38 bits per heavy atom. The summed E-state index contributed by atoms with van der Waals surface area (Å²) in [4.78, 5) is 11.0. The molecule has 0 bridgehead atoms. The molecular formula is C10H15NO2. The van der Waals surface area contributed by atoms with Crippen LogP contribution in [0.5, 0.6) is 0 Å². The second-order valence-corrected chi connectivity index (χ2v) is 3.16. The summed E-state index contributed by atoms with van der Waals surface area (Å²) in [7, 11) is 0. The van der Waals surface area contributed by atoms with Crippen LogP contribution in [0.25, 0.3) is 0 Å². The summed E-state index contributed by atoms with van der Waals surface area (Å²) < 4.78 is 4.75. The van der Waals surface area contributed by atoms with Gasteiger partial charge < -0.3 is 10.5 Å². The van der Waals surface area contributed by atoms with Gasteiger partial charge in [-0.2, -0.15) is 0 Å². The lowest BCUT2D eigenvalue weighted by molar-refractivity contribution is -0.144. The van der Waals surface area contributed by atoms with Crippen LogP contribution >= 0.6 is 0 Å². The Hall–Kier alpha value is -1.01. The molecule has 1 fully saturated rings. The van der Waals surface area contributed by atoms with Crippen molar-refractivity contribution < 1.29 is 9.53 Å². The molecule has 0 aromatic heterocycles. The van der Waals surface area contributed by atoms with Crippen molar-refractivity contribution in [2.45, 2.75) is 32.2 Å². The third-order valence-electron chi connectivity index (χ3n) is 1.79. The molecule has 0 aromatic rings. The number of nitrogens with two attached hydrogens (primary N) is 1. The number of esters is 1. The van der Waals surface area contributed by atoms with E-state index in [1.807, 2.05) is 0 Å². The Bertz CT molecular complexity index is 235. The first-order chi connectivity index (χ1) is 6.24. The first kappa shape index (κ1) is 10.1. The van der Waals surface area contributed by atoms with Crippen LogP contribution in [0.3, 0.4) is 0 Å². The summed E-state index contributed by atoms with van der Waals surface area (Å²) in [5.41, 5.74) is 5.53. The molecule has 3 nitrogen and oxygen atoms in total. The van der Waals surface area contributed by atoms with E-state index in [2.05, 4.69) is 11.8 Å². The van der Waals surface area contributed by atoms with E-state index in [-0.39, 0.29) is 5.97 Å². The lowest BCUT2D eigenvalue weighted by atomic mass is 10.2. The lowest BCUT2D eigenvalue weighted by Gasteiger charge is -2.05. The lowest BCUT2D eigenvalue weighted by Crippen LogP contribution is -2.31. The Balaban J connectivity index is 2.19. The van der Waals surface area contributed by atoms with Crippen molar-refractivity contribution in [1.29, 1.82) is 0 Å². The minimum Gasteiger partial charge on any atom is -0.465 e. The summed E-state index contributed by atoms with van der Waals surface area (Å²) in [6.07, 6.45) is 2.80. The first-order valence-corrected chi connectivity index (χ1v) is 4.64. The van der Waals surface area contributed by atoms with Gasteiger partial charge >= 0.3 is 5.97 Å². The third kappa shape index (κ3) is 3.95. The molecule has 0 aliphatic heterocycles. The third-order valence-corrected chi connectivity index (χ3v) is 1.79. The molecule has 2 N–H and O–H groups in total. The van der Waals surface area contributed by atoms with Crippen LogP contribution in [0.1, 0.15) is 26.2 Å². The first-order valence-electron chi connectivity index (χ1n) is 4.64. The molecule has 0 saturated heterocycles. The summed E-state index contributed by atoms with van der Waals surface area (Å²) in [6, 6.07) is -0.578. The van der Waals surface area contributed by atoms with Gasteiger partial charge in [0.25, 0.3) is 0 Å². The zero-order chi connectivity index (χ0) is 9.68. The Labute approximate surface area is 78.6 Å². The molecule has 1 aliphatic rings. The van der Waals surface area contributed by atoms with Gasteiger partial charge in [0.1, 0.15) is 6.04 Å². The van der Waals surface area contributed by atoms with Crippen molar-refractivity contribution in [3.8, 4) is 11.8 Å². The highest BCUT2D eigenvalue weighted by Gasteiger charge is 2.18. The maximum Gasteiger partial charge on any atom is 0.323 e. The average molecular weight is 181 g/mol. The second-order valence-electron chi connectivity index (χ2n) is 3.16. The minimum atomic E-state index is -0.578. The highest BCUT2D eigenvalue weighted by Crippen LogP contribution is 2.27. The molecule has 0 aromatic carbocycles. The SMILES string of the molecule is CCOC(=O)C(N)CC#CC1CC1. The van der Waals surface area contributed by atoms with Crippen LogP contribution in [0, 0.1) is 17.8 Å². The van der Waals surface area contributed by atoms with Gasteiger partial charge in [-0.25, -0.2) is 0 Å². The van der Waals surface area contributed by atoms with Gasteiger partial charge in [-0.1, -0.05) is 5.92 Å². The number of carbonyl (C=O) groups excluding carboxylic acids is 1. The molecule has 72 valence electrons. The number of hydrogen-bond acceptors (Lipinski definition) is 3. The van der Waals surface area contributed by atoms with E-state index in [0.29, 0.717) is 18.9 Å². The van der Waals surface area contributed by atoms with E-state index in [0.717, 1.165) is 0 Å². The average Bonchev–Trinajstić information content (AvgIpc) is 2.88. The molecule has 0 heterocycles. The molecule has 1 rings (SSSR count). The van der Waals surface area contributed by atoms with E-state index in [9.17, 15) is 4.79 Å². The predicted octanol–water partition coefficient (Wildman–Crippen LogP) is 0.680. The summed E-state index contributed by atoms with van der Waals surface area (Å²) in [6.45, 7) is 2.14. The van der Waals surface area contributed by atoms with E-state index in [1.54, 1.807) is 6.92 Å². The fourth-order valence-electron chi connectivity index (χ4n) is 0.874. The highest BCUT2D eigenvalue weighted by molar-refractivity contribution is 5.75. The Kier molecular flexibility index (Phi) is 3.78. The van der Waals surface area contributed by atoms with E-state index in [4.69, 9.17) is 10.5 Å². The molecule has 0 amide bonds. The molecular weight excluding hydrogens is 166 g/mol. The Morgan fingerprint density at radius 3 is 2.92 bits per heavy atom. The Morgan fingerprint density at radius 1 is 1.69 bits per heavy atom. The van der Waals surface area contributed by atoms with Gasteiger partial charge in [0, 0.05) is 12.3 Å². The second kappa shape index (κ2) is 4.88. The highest BCUT2D eigenvalue weighted by atomic mass is 16.5. The van der Waals surface area contributed by atoms with E-state index < -0.39 is 6.04 Å². The summed E-state index contributed by atoms with van der Waals surface area (Å²) in [5, 5.41) is 0. The maximum atomic E-state index is 11.0. The fourth-order valence-corrected chi connectivity index (χ4v) is 0.874. The molecule has 1 saturated carbocycles. The van der Waals surface area contributed by atoms with Gasteiger partial charge in [-0.3, -0.25) is 4.79 Å². The normalized spacial score (nSPS) is 17.1. The predicted molar refractivity (Wildman–Crippen MR) is 49.7 cm³/mol. The minimum absolute atomic E-state index is 0.354. The van der Waals surface area contributed by atoms with Crippen molar-refractivity contribution in [2.24, 2.45) is 11.7 Å². The standard InChI is InChI=1S/C10H15NO2/c1-2-13-10(12)9(11)5-3-4-8-6-7-8/h8-9H,2,5-7,11H2,1H3. The zero-order valence-corrected chi connectivity index (χ0v) is 7.88. The quantitative estimate of drug-likeness (QED) is 0.514. The zero-order valence-electron chi connectivity index (χ0n) is 7.88. The smallest absolute Gasteiger partial charge is 0.323 e. The largest absolute Gasteiger partial charge is 0.465 e. The van der Waals surface area contributed by atoms with Crippen molar-refractivity contribution in [3.63, 3.8) is 0 Å². The van der Waals surface area contributed by atoms with Gasteiger partial charge in [-0.05, 0) is 19.8 Å². The fraction of sp³-hybridized carbons (Fsp3) is 0.700. The topological polar surface area (TPSA) is 52.3 Å². The molecule has 13 heavy (non-hydrogen) atoms. The molecule has 1 unspecified atom stereocenters. The number of ether oxygens (including phenoxy) is 1. The van der Waals surface area contributed by atoms with Crippen molar-refractivity contribution >= 4 is 5.97 Å². The number of carbonyl (C=O) groups is 1. The molecule has 1 aliphatic carbocycles. The van der Waals surface area contributed by atoms with E-state index >= 15 is 0 Å². The van der Waals surface area contributed by atoms with Gasteiger partial charge in [0.2, 0.25) is 0 Å². The van der Waals surface area contributed by atoms with Crippen molar-refractivity contribution in [2.75, 3.05) is 6.61 Å². The van der Waals surface area contributed by atoms with E-state index in [1.165, 1.54) is 12.8 Å². The summed E-state index contributed by atoms with van der Waals surface area (Å²) >= 11 is 0. The number of hydrogen-bond donors (Lipinski definition) is 1.